The van der Waals surface area contributed by atoms with Crippen LogP contribution in [0.4, 0.5) is 0 Å². The fourth-order valence-corrected chi connectivity index (χ4v) is 2.47. The number of rotatable bonds is 10. The summed E-state index contributed by atoms with van der Waals surface area (Å²) in [6.45, 7) is 14.6. The third kappa shape index (κ3) is 9.61. The molecule has 0 saturated heterocycles. The van der Waals surface area contributed by atoms with Crippen LogP contribution in [0.25, 0.3) is 0 Å². The van der Waals surface area contributed by atoms with E-state index in [1.165, 1.54) is 12.8 Å². The quantitative estimate of drug-likeness (QED) is 0.592. The van der Waals surface area contributed by atoms with E-state index in [2.05, 4.69) is 39.9 Å². The maximum absolute atomic E-state index is 5.06. The largest absolute Gasteiger partial charge is 0.383 e. The number of hydrogen-bond donors (Lipinski definition) is 1. The number of hydrogen-bond acceptors (Lipinski definition) is 2. The molecule has 0 aromatic rings. The van der Waals surface area contributed by atoms with Gasteiger partial charge < -0.3 is 10.1 Å². The van der Waals surface area contributed by atoms with Crippen molar-refractivity contribution in [3.8, 4) is 0 Å². The van der Waals surface area contributed by atoms with E-state index in [9.17, 15) is 0 Å². The zero-order valence-electron chi connectivity index (χ0n) is 12.8. The van der Waals surface area contributed by atoms with Crippen LogP contribution in [0.5, 0.6) is 0 Å². The highest BCUT2D eigenvalue weighted by Gasteiger charge is 2.17. The van der Waals surface area contributed by atoms with Crippen LogP contribution in [0.15, 0.2) is 0 Å². The van der Waals surface area contributed by atoms with Gasteiger partial charge >= 0.3 is 0 Å². The molecule has 17 heavy (non-hydrogen) atoms. The van der Waals surface area contributed by atoms with Crippen LogP contribution in [-0.4, -0.2) is 26.8 Å². The summed E-state index contributed by atoms with van der Waals surface area (Å²) in [5.74, 6) is 3.21. The van der Waals surface area contributed by atoms with Crippen molar-refractivity contribution in [1.29, 1.82) is 0 Å². The third-order valence-electron chi connectivity index (χ3n) is 3.41. The molecule has 0 aliphatic carbocycles. The number of methoxy groups -OCH3 is 1. The van der Waals surface area contributed by atoms with Crippen molar-refractivity contribution in [2.75, 3.05) is 26.8 Å². The Morgan fingerprint density at radius 3 is 2.12 bits per heavy atom. The van der Waals surface area contributed by atoms with E-state index in [0.717, 1.165) is 43.4 Å². The minimum absolute atomic E-state index is 0.764. The van der Waals surface area contributed by atoms with Gasteiger partial charge in [0.05, 0.1) is 6.61 Å². The molecule has 2 unspecified atom stereocenters. The Labute approximate surface area is 109 Å². The van der Waals surface area contributed by atoms with Gasteiger partial charge in [-0.05, 0) is 43.1 Å². The average molecular weight is 243 g/mol. The van der Waals surface area contributed by atoms with Gasteiger partial charge in [0.2, 0.25) is 0 Å². The minimum Gasteiger partial charge on any atom is -0.383 e. The van der Waals surface area contributed by atoms with Crippen LogP contribution in [0.2, 0.25) is 0 Å². The second kappa shape index (κ2) is 9.90. The maximum atomic E-state index is 5.06. The molecule has 0 saturated carbocycles. The lowest BCUT2D eigenvalue weighted by atomic mass is 9.84. The van der Waals surface area contributed by atoms with Crippen LogP contribution in [0, 0.1) is 23.7 Å². The molecule has 0 aliphatic heterocycles. The summed E-state index contributed by atoms with van der Waals surface area (Å²) in [6.07, 6.45) is 2.69. The van der Waals surface area contributed by atoms with Gasteiger partial charge in [-0.3, -0.25) is 0 Å². The van der Waals surface area contributed by atoms with Gasteiger partial charge in [0.15, 0.2) is 0 Å². The molecule has 0 bridgehead atoms. The molecule has 0 heterocycles. The highest BCUT2D eigenvalue weighted by molar-refractivity contribution is 4.70. The molecule has 2 atom stereocenters. The Hall–Kier alpha value is -0.0800. The molecule has 0 aromatic carbocycles. The van der Waals surface area contributed by atoms with E-state index in [4.69, 9.17) is 4.74 Å². The van der Waals surface area contributed by atoms with Crippen LogP contribution < -0.4 is 5.32 Å². The second-order valence-corrected chi connectivity index (χ2v) is 6.17. The summed E-state index contributed by atoms with van der Waals surface area (Å²) in [6, 6.07) is 0. The summed E-state index contributed by atoms with van der Waals surface area (Å²) >= 11 is 0. The van der Waals surface area contributed by atoms with Gasteiger partial charge in [0.25, 0.3) is 0 Å². The monoisotopic (exact) mass is 243 g/mol. The summed E-state index contributed by atoms with van der Waals surface area (Å²) in [4.78, 5) is 0. The molecule has 0 rings (SSSR count). The van der Waals surface area contributed by atoms with Crippen molar-refractivity contribution in [2.24, 2.45) is 23.7 Å². The van der Waals surface area contributed by atoms with E-state index in [0.29, 0.717) is 0 Å². The van der Waals surface area contributed by atoms with Gasteiger partial charge in [-0.1, -0.05) is 34.6 Å². The van der Waals surface area contributed by atoms with Crippen LogP contribution in [0.1, 0.15) is 47.5 Å². The Morgan fingerprint density at radius 2 is 1.65 bits per heavy atom. The third-order valence-corrected chi connectivity index (χ3v) is 3.41. The molecule has 0 spiro atoms. The molecule has 0 aliphatic rings. The lowest BCUT2D eigenvalue weighted by Crippen LogP contribution is -2.30. The van der Waals surface area contributed by atoms with Gasteiger partial charge in [-0.25, -0.2) is 0 Å². The first-order valence-corrected chi connectivity index (χ1v) is 7.17. The first-order chi connectivity index (χ1) is 7.97. The first kappa shape index (κ1) is 16.9. The predicted octanol–water partition coefficient (Wildman–Crippen LogP) is 3.57. The van der Waals surface area contributed by atoms with Crippen molar-refractivity contribution >= 4 is 0 Å². The van der Waals surface area contributed by atoms with E-state index in [-0.39, 0.29) is 0 Å². The highest BCUT2D eigenvalue weighted by atomic mass is 16.5. The molecular formula is C15H33NO. The fourth-order valence-electron chi connectivity index (χ4n) is 2.47. The minimum atomic E-state index is 0.764. The Balaban J connectivity index is 3.89. The van der Waals surface area contributed by atoms with Crippen molar-refractivity contribution in [1.82, 2.24) is 5.32 Å². The molecule has 0 fully saturated rings. The highest BCUT2D eigenvalue weighted by Crippen LogP contribution is 2.24. The summed E-state index contributed by atoms with van der Waals surface area (Å²) in [5, 5.41) is 3.50. The number of ether oxygens (including phenoxy) is 1. The summed E-state index contributed by atoms with van der Waals surface area (Å²) < 4.78 is 5.06. The second-order valence-electron chi connectivity index (χ2n) is 6.17. The van der Waals surface area contributed by atoms with Crippen molar-refractivity contribution in [3.05, 3.63) is 0 Å². The molecule has 0 aromatic heterocycles. The summed E-state index contributed by atoms with van der Waals surface area (Å²) in [7, 11) is 1.76. The van der Waals surface area contributed by atoms with Gasteiger partial charge in [-0.2, -0.15) is 0 Å². The topological polar surface area (TPSA) is 21.3 Å². The van der Waals surface area contributed by atoms with Crippen molar-refractivity contribution in [2.45, 2.75) is 47.5 Å². The van der Waals surface area contributed by atoms with Gasteiger partial charge in [0, 0.05) is 13.7 Å². The van der Waals surface area contributed by atoms with E-state index in [1.54, 1.807) is 7.11 Å². The standard InChI is InChI=1S/C15H33NO/c1-12(2)9-14(5)10-15(13(3)4)11-16-7-8-17-6/h12-16H,7-11H2,1-6H3. The molecule has 0 amide bonds. The van der Waals surface area contributed by atoms with E-state index < -0.39 is 0 Å². The smallest absolute Gasteiger partial charge is 0.0587 e. The van der Waals surface area contributed by atoms with Crippen LogP contribution >= 0.6 is 0 Å². The molecule has 104 valence electrons. The lowest BCUT2D eigenvalue weighted by Gasteiger charge is -2.25. The SMILES string of the molecule is COCCNCC(CC(C)CC(C)C)C(C)C. The zero-order chi connectivity index (χ0) is 13.3. The molecular weight excluding hydrogens is 210 g/mol. The Bertz CT molecular complexity index is 168. The van der Waals surface area contributed by atoms with E-state index >= 15 is 0 Å². The van der Waals surface area contributed by atoms with Crippen molar-refractivity contribution in [3.63, 3.8) is 0 Å². The fraction of sp³-hybridized carbons (Fsp3) is 1.00. The molecule has 1 N–H and O–H groups in total. The lowest BCUT2D eigenvalue weighted by molar-refractivity contribution is 0.193. The first-order valence-electron chi connectivity index (χ1n) is 7.17. The van der Waals surface area contributed by atoms with E-state index in [1.807, 2.05) is 0 Å². The predicted molar refractivity (Wildman–Crippen MR) is 76.3 cm³/mol. The van der Waals surface area contributed by atoms with Crippen LogP contribution in [0.3, 0.4) is 0 Å². The van der Waals surface area contributed by atoms with Crippen LogP contribution in [-0.2, 0) is 4.74 Å². The molecule has 2 heteroatoms. The average Bonchev–Trinajstić information content (AvgIpc) is 2.21. The maximum Gasteiger partial charge on any atom is 0.0587 e. The molecule has 0 radical (unpaired) electrons. The molecule has 2 nitrogen and oxygen atoms in total. The Kier molecular flexibility index (Phi) is 9.85. The number of nitrogens with one attached hydrogen (secondary N) is 1. The normalized spacial score (nSPS) is 15.5. The summed E-state index contributed by atoms with van der Waals surface area (Å²) in [5.41, 5.74) is 0. The Morgan fingerprint density at radius 1 is 1.00 bits per heavy atom. The zero-order valence-corrected chi connectivity index (χ0v) is 12.8. The van der Waals surface area contributed by atoms with Gasteiger partial charge in [-0.15, -0.1) is 0 Å². The van der Waals surface area contributed by atoms with Crippen molar-refractivity contribution < 1.29 is 4.74 Å². The van der Waals surface area contributed by atoms with Gasteiger partial charge in [0.1, 0.15) is 0 Å².